The lowest BCUT2D eigenvalue weighted by molar-refractivity contribution is -0.114. The highest BCUT2D eigenvalue weighted by Gasteiger charge is 2.19. The van der Waals surface area contributed by atoms with Gasteiger partial charge in [-0.2, -0.15) is 0 Å². The monoisotopic (exact) mass is 418 g/mol. The van der Waals surface area contributed by atoms with Crippen molar-refractivity contribution in [3.05, 3.63) is 70.2 Å². The molecule has 4 aromatic rings. The zero-order valence-corrected chi connectivity index (χ0v) is 17.6. The summed E-state index contributed by atoms with van der Waals surface area (Å²) < 4.78 is 0. The van der Waals surface area contributed by atoms with Crippen LogP contribution >= 0.6 is 11.3 Å². The number of rotatable bonds is 6. The van der Waals surface area contributed by atoms with Gasteiger partial charge in [-0.15, -0.1) is 11.3 Å². The molecule has 0 spiro atoms. The van der Waals surface area contributed by atoms with E-state index in [1.54, 1.807) is 11.3 Å². The predicted molar refractivity (Wildman–Crippen MR) is 121 cm³/mol. The van der Waals surface area contributed by atoms with Crippen molar-refractivity contribution in [2.45, 2.75) is 20.3 Å². The third kappa shape index (κ3) is 4.26. The molecule has 6 nitrogen and oxygen atoms in total. The normalized spacial score (nSPS) is 10.9. The summed E-state index contributed by atoms with van der Waals surface area (Å²) in [7, 11) is 0. The van der Waals surface area contributed by atoms with Crippen LogP contribution in [0.25, 0.3) is 22.2 Å². The van der Waals surface area contributed by atoms with Crippen molar-refractivity contribution in [3.8, 4) is 11.3 Å². The van der Waals surface area contributed by atoms with Crippen LogP contribution < -0.4 is 10.6 Å². The standard InChI is InChI=1S/C23H22N4O2S/c1-14-8-9-18-17(12-14)21(25-15(2)28)22(27-18)23(29)24-11-10-20-26-19(13-30-20)16-6-4-3-5-7-16/h3-9,12-13,27H,10-11H2,1-2H3,(H,24,29)(H,25,28). The molecule has 2 aromatic heterocycles. The zero-order chi connectivity index (χ0) is 21.1. The first-order valence-electron chi connectivity index (χ1n) is 9.69. The summed E-state index contributed by atoms with van der Waals surface area (Å²) in [6, 6.07) is 15.8. The average molecular weight is 419 g/mol. The number of carbonyl (C=O) groups excluding carboxylic acids is 2. The second-order valence-electron chi connectivity index (χ2n) is 7.10. The number of aromatic amines is 1. The van der Waals surface area contributed by atoms with Crippen LogP contribution in [0.1, 0.15) is 28.0 Å². The van der Waals surface area contributed by atoms with E-state index in [4.69, 9.17) is 0 Å². The minimum Gasteiger partial charge on any atom is -0.350 e. The van der Waals surface area contributed by atoms with Crippen LogP contribution in [0.2, 0.25) is 0 Å². The van der Waals surface area contributed by atoms with Gasteiger partial charge in [0.2, 0.25) is 5.91 Å². The molecular weight excluding hydrogens is 396 g/mol. The van der Waals surface area contributed by atoms with Gasteiger partial charge in [0.15, 0.2) is 0 Å². The van der Waals surface area contributed by atoms with Crippen molar-refractivity contribution in [3.63, 3.8) is 0 Å². The first-order chi connectivity index (χ1) is 14.5. The van der Waals surface area contributed by atoms with Crippen molar-refractivity contribution in [1.29, 1.82) is 0 Å². The molecule has 2 heterocycles. The second-order valence-corrected chi connectivity index (χ2v) is 8.05. The van der Waals surface area contributed by atoms with Gasteiger partial charge in [0, 0.05) is 41.7 Å². The molecule has 0 saturated carbocycles. The van der Waals surface area contributed by atoms with Crippen LogP contribution in [0.3, 0.4) is 0 Å². The third-order valence-electron chi connectivity index (χ3n) is 4.73. The number of anilines is 1. The Bertz CT molecular complexity index is 1210. The predicted octanol–water partition coefficient (Wildman–Crippen LogP) is 4.53. The maximum absolute atomic E-state index is 12.8. The van der Waals surface area contributed by atoms with Crippen LogP contribution in [0.4, 0.5) is 5.69 Å². The fourth-order valence-corrected chi connectivity index (χ4v) is 4.13. The number of carbonyl (C=O) groups is 2. The number of thiazole rings is 1. The molecule has 30 heavy (non-hydrogen) atoms. The third-order valence-corrected chi connectivity index (χ3v) is 5.64. The molecule has 0 radical (unpaired) electrons. The Morgan fingerprint density at radius 3 is 2.70 bits per heavy atom. The van der Waals surface area contributed by atoms with Crippen LogP contribution in [0, 0.1) is 6.92 Å². The van der Waals surface area contributed by atoms with E-state index in [-0.39, 0.29) is 11.8 Å². The zero-order valence-electron chi connectivity index (χ0n) is 16.8. The Hall–Kier alpha value is -3.45. The summed E-state index contributed by atoms with van der Waals surface area (Å²) in [4.78, 5) is 32.3. The quantitative estimate of drug-likeness (QED) is 0.430. The first-order valence-corrected chi connectivity index (χ1v) is 10.6. The van der Waals surface area contributed by atoms with Crippen molar-refractivity contribution in [1.82, 2.24) is 15.3 Å². The molecule has 0 bridgehead atoms. The highest BCUT2D eigenvalue weighted by atomic mass is 32.1. The van der Waals surface area contributed by atoms with E-state index in [2.05, 4.69) is 20.6 Å². The summed E-state index contributed by atoms with van der Waals surface area (Å²) in [5.74, 6) is -0.477. The van der Waals surface area contributed by atoms with E-state index in [9.17, 15) is 9.59 Å². The molecule has 0 saturated heterocycles. The lowest BCUT2D eigenvalue weighted by Gasteiger charge is -2.06. The molecule has 0 aliphatic carbocycles. The second kappa shape index (κ2) is 8.51. The highest BCUT2D eigenvalue weighted by Crippen LogP contribution is 2.29. The van der Waals surface area contributed by atoms with Gasteiger partial charge < -0.3 is 15.6 Å². The van der Waals surface area contributed by atoms with Gasteiger partial charge in [0.25, 0.3) is 5.91 Å². The van der Waals surface area contributed by atoms with Crippen LogP contribution in [0.15, 0.2) is 53.9 Å². The molecule has 3 N–H and O–H groups in total. The summed E-state index contributed by atoms with van der Waals surface area (Å²) >= 11 is 1.58. The molecule has 0 fully saturated rings. The summed E-state index contributed by atoms with van der Waals surface area (Å²) in [6.07, 6.45) is 0.637. The number of nitrogens with one attached hydrogen (secondary N) is 3. The number of hydrogen-bond acceptors (Lipinski definition) is 4. The molecule has 152 valence electrons. The Kier molecular flexibility index (Phi) is 5.63. The summed E-state index contributed by atoms with van der Waals surface area (Å²) in [5, 5.41) is 9.54. The molecule has 0 unspecified atom stereocenters. The number of hydrogen-bond donors (Lipinski definition) is 3. The van der Waals surface area contributed by atoms with Crippen molar-refractivity contribution < 1.29 is 9.59 Å². The Morgan fingerprint density at radius 1 is 1.13 bits per heavy atom. The van der Waals surface area contributed by atoms with Gasteiger partial charge in [0.05, 0.1) is 16.4 Å². The Morgan fingerprint density at radius 2 is 1.93 bits per heavy atom. The number of aryl methyl sites for hydroxylation is 1. The van der Waals surface area contributed by atoms with E-state index >= 15 is 0 Å². The van der Waals surface area contributed by atoms with E-state index in [1.165, 1.54) is 6.92 Å². The molecular formula is C23H22N4O2S. The van der Waals surface area contributed by atoms with Gasteiger partial charge in [-0.25, -0.2) is 4.98 Å². The molecule has 0 atom stereocenters. The van der Waals surface area contributed by atoms with Gasteiger partial charge >= 0.3 is 0 Å². The van der Waals surface area contributed by atoms with E-state index in [0.29, 0.717) is 24.3 Å². The number of benzene rings is 2. The van der Waals surface area contributed by atoms with Gasteiger partial charge in [-0.1, -0.05) is 42.0 Å². The average Bonchev–Trinajstić information content (AvgIpc) is 3.33. The minimum absolute atomic E-state index is 0.220. The molecule has 0 aliphatic rings. The number of aromatic nitrogens is 2. The molecule has 2 amide bonds. The van der Waals surface area contributed by atoms with Gasteiger partial charge in [0.1, 0.15) is 5.69 Å². The van der Waals surface area contributed by atoms with Gasteiger partial charge in [-0.05, 0) is 19.1 Å². The van der Waals surface area contributed by atoms with Crippen LogP contribution in [-0.4, -0.2) is 28.3 Å². The fourth-order valence-electron chi connectivity index (χ4n) is 3.32. The first kappa shape index (κ1) is 19.8. The maximum Gasteiger partial charge on any atom is 0.269 e. The lowest BCUT2D eigenvalue weighted by atomic mass is 10.1. The van der Waals surface area contributed by atoms with Crippen molar-refractivity contribution >= 4 is 39.7 Å². The molecule has 4 rings (SSSR count). The molecule has 7 heteroatoms. The van der Waals surface area contributed by atoms with E-state index < -0.39 is 0 Å². The Labute approximate surface area is 178 Å². The van der Waals surface area contributed by atoms with Crippen molar-refractivity contribution in [2.24, 2.45) is 0 Å². The van der Waals surface area contributed by atoms with E-state index in [0.717, 1.165) is 32.7 Å². The smallest absolute Gasteiger partial charge is 0.269 e. The molecule has 0 aliphatic heterocycles. The number of H-pyrrole nitrogens is 1. The maximum atomic E-state index is 12.8. The van der Waals surface area contributed by atoms with Crippen LogP contribution in [-0.2, 0) is 11.2 Å². The lowest BCUT2D eigenvalue weighted by Crippen LogP contribution is -2.27. The van der Waals surface area contributed by atoms with E-state index in [1.807, 2.05) is 60.8 Å². The number of fused-ring (bicyclic) bond motifs is 1. The summed E-state index contributed by atoms with van der Waals surface area (Å²) in [6.45, 7) is 3.86. The highest BCUT2D eigenvalue weighted by molar-refractivity contribution is 7.09. The van der Waals surface area contributed by atoms with Gasteiger partial charge in [-0.3, -0.25) is 9.59 Å². The largest absolute Gasteiger partial charge is 0.350 e. The molecule has 2 aromatic carbocycles. The Balaban J connectivity index is 1.46. The number of amides is 2. The SMILES string of the molecule is CC(=O)Nc1c(C(=O)NCCc2nc(-c3ccccc3)cs2)[nH]c2ccc(C)cc12. The van der Waals surface area contributed by atoms with Crippen LogP contribution in [0.5, 0.6) is 0 Å². The number of nitrogens with zero attached hydrogens (tertiary/aromatic N) is 1. The topological polar surface area (TPSA) is 86.9 Å². The summed E-state index contributed by atoms with van der Waals surface area (Å²) in [5.41, 5.74) is 4.76. The minimum atomic E-state index is -0.257. The fraction of sp³-hybridized carbons (Fsp3) is 0.174. The van der Waals surface area contributed by atoms with Crippen molar-refractivity contribution in [2.75, 3.05) is 11.9 Å².